The molecular weight excluding hydrogens is 813 g/mol. The molecule has 5 N–H and O–H groups in total. The minimum atomic E-state index is -0.833. The van der Waals surface area contributed by atoms with Crippen LogP contribution in [0.5, 0.6) is 0 Å². The Morgan fingerprint density at radius 2 is 1.21 bits per heavy atom. The standard InChI is InChI=1S/C18H12N2.C16H12N2.C8H19NO2.C2H4O2.CH3I.CH4/c1-3-7-14-11(5-1)12-9-10-16-17(18(12)20-14)13-6-2-4-8-15(13)19-16;1-3-7-14-11(5-1)9-16(18-14)13-10-17-15-8-4-2-6-12(13)15;1-5-10-8(11-6-2)7-9(3)4;1-2(3)4;1-2;/h1-10,19-20H;1-10,17-18H;8H,5-7H2,1-4H3;1H3,(H,3,4);1H3;1H4. The molecule has 4 heterocycles. The smallest absolute Gasteiger partial charge is 0.300 e. The van der Waals surface area contributed by atoms with Crippen LogP contribution in [0.1, 0.15) is 28.2 Å². The number of hydrogen-bond donors (Lipinski definition) is 5. The number of carboxylic acids is 1. The number of nitrogens with one attached hydrogen (secondary N) is 4. The van der Waals surface area contributed by atoms with Crippen molar-refractivity contribution in [3.8, 4) is 11.3 Å². The van der Waals surface area contributed by atoms with Crippen molar-refractivity contribution in [2.24, 2.45) is 0 Å². The predicted octanol–water partition coefficient (Wildman–Crippen LogP) is 12.0. The van der Waals surface area contributed by atoms with Crippen molar-refractivity contribution in [2.45, 2.75) is 34.5 Å². The highest BCUT2D eigenvalue weighted by molar-refractivity contribution is 14.1. The SMILES string of the molecule is C.CC(=O)O.CCOC(CN(C)C)OCC.CI.c1ccc2[nH]c(-c3c[nH]c4ccccc34)cc2c1.c1ccc2c(c1)[nH]c1c2ccc2[nH]c3ccccc3c21. The molecule has 294 valence electrons. The summed E-state index contributed by atoms with van der Waals surface area (Å²) in [6, 6.07) is 40.2. The number of para-hydroxylation sites is 4. The molecule has 0 amide bonds. The molecule has 10 heteroatoms. The van der Waals surface area contributed by atoms with Crippen LogP contribution in [-0.4, -0.2) is 81.0 Å². The van der Waals surface area contributed by atoms with Crippen molar-refractivity contribution in [3.05, 3.63) is 121 Å². The van der Waals surface area contributed by atoms with Crippen LogP contribution in [-0.2, 0) is 14.3 Å². The fourth-order valence-electron chi connectivity index (χ4n) is 6.59. The Bertz CT molecular complexity index is 2540. The molecule has 5 aromatic carbocycles. The number of benzene rings is 5. The van der Waals surface area contributed by atoms with Crippen LogP contribution >= 0.6 is 22.6 Å². The highest BCUT2D eigenvalue weighted by Crippen LogP contribution is 2.35. The van der Waals surface area contributed by atoms with Crippen LogP contribution in [0.25, 0.3) is 76.7 Å². The summed E-state index contributed by atoms with van der Waals surface area (Å²) in [5.41, 5.74) is 9.53. The summed E-state index contributed by atoms with van der Waals surface area (Å²) < 4.78 is 10.7. The van der Waals surface area contributed by atoms with E-state index in [1.807, 2.05) is 38.9 Å². The van der Waals surface area contributed by atoms with E-state index in [2.05, 4.69) is 163 Å². The summed E-state index contributed by atoms with van der Waals surface area (Å²) in [6.07, 6.45) is 2.00. The zero-order chi connectivity index (χ0) is 39.3. The van der Waals surface area contributed by atoms with Gasteiger partial charge in [0.1, 0.15) is 0 Å². The van der Waals surface area contributed by atoms with Gasteiger partial charge in [-0.3, -0.25) is 4.79 Å². The van der Waals surface area contributed by atoms with E-state index in [0.717, 1.165) is 19.2 Å². The van der Waals surface area contributed by atoms with E-state index in [1.54, 1.807) is 0 Å². The molecule has 4 aromatic heterocycles. The van der Waals surface area contributed by atoms with Gasteiger partial charge in [-0.2, -0.15) is 0 Å². The van der Waals surface area contributed by atoms with E-state index >= 15 is 0 Å². The monoisotopic (exact) mass is 867 g/mol. The third-order valence-electron chi connectivity index (χ3n) is 8.78. The van der Waals surface area contributed by atoms with Crippen molar-refractivity contribution in [3.63, 3.8) is 0 Å². The maximum absolute atomic E-state index is 9.00. The molecule has 0 aliphatic carbocycles. The summed E-state index contributed by atoms with van der Waals surface area (Å²) >= 11 is 2.15. The maximum Gasteiger partial charge on any atom is 0.300 e. The number of hydrogen-bond acceptors (Lipinski definition) is 4. The van der Waals surface area contributed by atoms with Crippen molar-refractivity contribution in [2.75, 3.05) is 38.8 Å². The number of aliphatic carboxylic acids is 1. The second-order valence-electron chi connectivity index (χ2n) is 12.9. The van der Waals surface area contributed by atoms with Gasteiger partial charge in [-0.15, -0.1) is 0 Å². The lowest BCUT2D eigenvalue weighted by Crippen LogP contribution is -2.30. The summed E-state index contributed by atoms with van der Waals surface area (Å²) in [4.78, 5) is 26.9. The van der Waals surface area contributed by atoms with Crippen molar-refractivity contribution in [1.29, 1.82) is 0 Å². The molecule has 0 spiro atoms. The van der Waals surface area contributed by atoms with Gasteiger partial charge in [0.2, 0.25) is 0 Å². The second-order valence-corrected chi connectivity index (χ2v) is 12.9. The Labute approximate surface area is 342 Å². The minimum Gasteiger partial charge on any atom is -0.481 e. The van der Waals surface area contributed by atoms with Gasteiger partial charge in [0, 0.05) is 104 Å². The average molecular weight is 868 g/mol. The quantitative estimate of drug-likeness (QED) is 0.0620. The number of aromatic nitrogens is 4. The van der Waals surface area contributed by atoms with E-state index in [4.69, 9.17) is 19.4 Å². The number of H-pyrrole nitrogens is 4. The largest absolute Gasteiger partial charge is 0.481 e. The third-order valence-corrected chi connectivity index (χ3v) is 8.78. The number of alkyl halides is 1. The van der Waals surface area contributed by atoms with Crippen molar-refractivity contribution < 1.29 is 19.4 Å². The second kappa shape index (κ2) is 21.2. The van der Waals surface area contributed by atoms with Crippen LogP contribution < -0.4 is 0 Å². The number of ether oxygens (including phenoxy) is 2. The molecule has 56 heavy (non-hydrogen) atoms. The zero-order valence-electron chi connectivity index (χ0n) is 32.2. The number of carbonyl (C=O) groups is 1. The molecule has 9 aromatic rings. The van der Waals surface area contributed by atoms with E-state index in [-0.39, 0.29) is 13.7 Å². The van der Waals surface area contributed by atoms with Gasteiger partial charge in [0.25, 0.3) is 5.97 Å². The Balaban J connectivity index is 0.000000179. The lowest BCUT2D eigenvalue weighted by molar-refractivity contribution is -0.143. The number of rotatable bonds is 7. The van der Waals surface area contributed by atoms with Crippen molar-refractivity contribution >= 4 is 94.0 Å². The average Bonchev–Trinajstić information content (AvgIpc) is 3.98. The predicted molar refractivity (Wildman–Crippen MR) is 246 cm³/mol. The molecule has 0 radical (unpaired) electrons. The van der Waals surface area contributed by atoms with Gasteiger partial charge < -0.3 is 39.4 Å². The fraction of sp³-hybridized carbons (Fsp3) is 0.239. The lowest BCUT2D eigenvalue weighted by atomic mass is 10.1. The van der Waals surface area contributed by atoms with Crippen LogP contribution in [0.4, 0.5) is 0 Å². The fourth-order valence-corrected chi connectivity index (χ4v) is 6.59. The molecule has 0 saturated carbocycles. The number of nitrogens with zero attached hydrogens (tertiary/aromatic N) is 1. The highest BCUT2D eigenvalue weighted by Gasteiger charge is 2.12. The first-order valence-electron chi connectivity index (χ1n) is 18.3. The van der Waals surface area contributed by atoms with Crippen molar-refractivity contribution in [1.82, 2.24) is 24.8 Å². The van der Waals surface area contributed by atoms with Gasteiger partial charge in [-0.25, -0.2) is 0 Å². The van der Waals surface area contributed by atoms with Crippen LogP contribution in [0, 0.1) is 0 Å². The maximum atomic E-state index is 9.00. The van der Waals surface area contributed by atoms with Gasteiger partial charge in [0.15, 0.2) is 6.29 Å². The van der Waals surface area contributed by atoms with Gasteiger partial charge in [0.05, 0.1) is 5.52 Å². The Morgan fingerprint density at radius 1 is 0.679 bits per heavy atom. The first kappa shape index (κ1) is 43.6. The number of carboxylic acid groups (broad SMARTS) is 1. The first-order valence-corrected chi connectivity index (χ1v) is 20.4. The van der Waals surface area contributed by atoms with E-state index in [0.29, 0.717) is 13.2 Å². The normalized spacial score (nSPS) is 10.7. The molecule has 0 fully saturated rings. The third kappa shape index (κ3) is 10.6. The highest BCUT2D eigenvalue weighted by atomic mass is 127. The van der Waals surface area contributed by atoms with Crippen LogP contribution in [0.3, 0.4) is 0 Å². The van der Waals surface area contributed by atoms with E-state index in [9.17, 15) is 0 Å². The Hall–Kier alpha value is -5.14. The summed E-state index contributed by atoms with van der Waals surface area (Å²) in [6.45, 7) is 7.27. The molecule has 0 atom stereocenters. The summed E-state index contributed by atoms with van der Waals surface area (Å²) in [5.74, 6) is -0.833. The van der Waals surface area contributed by atoms with E-state index in [1.165, 1.54) is 71.0 Å². The molecule has 0 unspecified atom stereocenters. The van der Waals surface area contributed by atoms with E-state index < -0.39 is 5.97 Å². The zero-order valence-corrected chi connectivity index (χ0v) is 34.4. The topological polar surface area (TPSA) is 122 Å². The molecular formula is C46H54IN5O4. The molecule has 9 nitrogen and oxygen atoms in total. The van der Waals surface area contributed by atoms with Crippen LogP contribution in [0.15, 0.2) is 121 Å². The number of likely N-dealkylation sites (N-methyl/N-ethyl adjacent to an activating group) is 1. The number of aromatic amines is 4. The molecule has 9 rings (SSSR count). The summed E-state index contributed by atoms with van der Waals surface area (Å²) in [5, 5.41) is 15.1. The Kier molecular flexibility index (Phi) is 16.5. The lowest BCUT2D eigenvalue weighted by Gasteiger charge is -2.20. The Morgan fingerprint density at radius 3 is 1.82 bits per heavy atom. The number of fused-ring (bicyclic) bond motifs is 9. The van der Waals surface area contributed by atoms with Gasteiger partial charge in [-0.05, 0) is 69.3 Å². The molecule has 0 aliphatic rings. The van der Waals surface area contributed by atoms with Gasteiger partial charge >= 0.3 is 0 Å². The molecule has 0 aliphatic heterocycles. The summed E-state index contributed by atoms with van der Waals surface area (Å²) in [7, 11) is 4.01. The van der Waals surface area contributed by atoms with Gasteiger partial charge in [-0.1, -0.05) is 109 Å². The number of halogens is 1. The minimum absolute atomic E-state index is 0. The van der Waals surface area contributed by atoms with Crippen LogP contribution in [0.2, 0.25) is 0 Å². The molecule has 0 saturated heterocycles. The molecule has 0 bridgehead atoms. The first-order chi connectivity index (χ1) is 26.8.